The van der Waals surface area contributed by atoms with Crippen molar-refractivity contribution in [2.45, 2.75) is 232 Å². The van der Waals surface area contributed by atoms with Gasteiger partial charge in [-0.25, -0.2) is 0 Å². The number of rotatable bonds is 41. The summed E-state index contributed by atoms with van der Waals surface area (Å²) in [6.07, 6.45) is 55.6. The molecule has 0 aromatic heterocycles. The molecule has 0 radical (unpaired) electrons. The summed E-state index contributed by atoms with van der Waals surface area (Å²) in [5.74, 6) is -0.633. The van der Waals surface area contributed by atoms with Crippen LogP contribution in [-0.4, -0.2) is 46.9 Å². The third kappa shape index (κ3) is 39.9. The predicted octanol–water partition coefficient (Wildman–Crippen LogP) is 13.8. The first kappa shape index (κ1) is 54.3. The molecule has 0 aromatic carbocycles. The van der Waals surface area contributed by atoms with E-state index < -0.39 is 18.2 Å². The summed E-state index contributed by atoms with van der Waals surface area (Å²) in [5, 5.41) is 23.5. The molecule has 0 spiro atoms. The van der Waals surface area contributed by atoms with Gasteiger partial charge in [0.05, 0.1) is 25.2 Å². The molecule has 0 aliphatic heterocycles. The molecular weight excluding hydrogens is 707 g/mol. The van der Waals surface area contributed by atoms with Gasteiger partial charge in [-0.15, -0.1) is 0 Å². The highest BCUT2D eigenvalue weighted by Crippen LogP contribution is 2.15. The van der Waals surface area contributed by atoms with Crippen LogP contribution in [0.4, 0.5) is 0 Å². The van der Waals surface area contributed by atoms with E-state index in [4.69, 9.17) is 4.74 Å². The highest BCUT2D eigenvalue weighted by atomic mass is 16.5. The zero-order valence-electron chi connectivity index (χ0n) is 37.2. The van der Waals surface area contributed by atoms with E-state index in [9.17, 15) is 19.8 Å². The Bertz CT molecular complexity index is 1070. The second-order valence-corrected chi connectivity index (χ2v) is 15.8. The first-order valence-electron chi connectivity index (χ1n) is 23.7. The summed E-state index contributed by atoms with van der Waals surface area (Å²) in [6.45, 7) is 6.29. The van der Waals surface area contributed by atoms with Crippen LogP contribution in [0.5, 0.6) is 0 Å². The molecule has 0 aliphatic carbocycles. The Morgan fingerprint density at radius 3 is 1.33 bits per heavy atom. The Balaban J connectivity index is 4.81. The van der Waals surface area contributed by atoms with Crippen LogP contribution in [0, 0.1) is 0 Å². The second-order valence-electron chi connectivity index (χ2n) is 15.8. The number of carbonyl (C=O) groups excluding carboxylic acids is 2. The normalized spacial score (nSPS) is 14.0. The number of aliphatic hydroxyl groups excluding tert-OH is 2. The minimum atomic E-state index is -0.818. The fourth-order valence-electron chi connectivity index (χ4n) is 6.72. The summed E-state index contributed by atoms with van der Waals surface area (Å²) in [5.41, 5.74) is 0. The molecule has 3 atom stereocenters. The van der Waals surface area contributed by atoms with Gasteiger partial charge in [0, 0.05) is 6.42 Å². The van der Waals surface area contributed by atoms with Crippen molar-refractivity contribution in [3.05, 3.63) is 72.9 Å². The van der Waals surface area contributed by atoms with Crippen LogP contribution in [0.1, 0.15) is 213 Å². The van der Waals surface area contributed by atoms with Gasteiger partial charge in [-0.1, -0.05) is 216 Å². The first-order valence-corrected chi connectivity index (χ1v) is 23.7. The van der Waals surface area contributed by atoms with E-state index in [1.807, 2.05) is 6.08 Å². The molecule has 0 heterocycles. The van der Waals surface area contributed by atoms with E-state index in [-0.39, 0.29) is 24.9 Å². The van der Waals surface area contributed by atoms with E-state index in [0.29, 0.717) is 19.3 Å². The number of hydrogen-bond donors (Lipinski definition) is 3. The van der Waals surface area contributed by atoms with E-state index in [2.05, 4.69) is 86.8 Å². The third-order valence-electron chi connectivity index (χ3n) is 10.3. The van der Waals surface area contributed by atoms with Crippen molar-refractivity contribution < 1.29 is 24.5 Å². The monoisotopic (exact) mass is 796 g/mol. The molecule has 1 amide bonds. The molecule has 0 rings (SSSR count). The van der Waals surface area contributed by atoms with Gasteiger partial charge >= 0.3 is 5.97 Å². The Labute approximate surface area is 351 Å². The quantitative estimate of drug-likeness (QED) is 0.0325. The fourth-order valence-corrected chi connectivity index (χ4v) is 6.72. The molecule has 3 N–H and O–H groups in total. The number of hydrogen-bond acceptors (Lipinski definition) is 5. The smallest absolute Gasteiger partial charge is 0.306 e. The van der Waals surface area contributed by atoms with Gasteiger partial charge in [0.2, 0.25) is 5.91 Å². The molecule has 0 saturated heterocycles. The SMILES string of the molecule is CC/C=C\C/C=C\C/C=C\C/C=C\C/C=C\C/C=C\C(CC(=O)NC(CO)C(O)CCCCCCCCCCC)OC(=O)CCCCCCCCCCCCCC. The molecule has 57 heavy (non-hydrogen) atoms. The summed E-state index contributed by atoms with van der Waals surface area (Å²) < 4.78 is 5.80. The van der Waals surface area contributed by atoms with Crippen LogP contribution in [0.15, 0.2) is 72.9 Å². The highest BCUT2D eigenvalue weighted by molar-refractivity contribution is 5.78. The number of allylic oxidation sites excluding steroid dienone is 11. The molecule has 0 bridgehead atoms. The van der Waals surface area contributed by atoms with Gasteiger partial charge in [-0.2, -0.15) is 0 Å². The third-order valence-corrected chi connectivity index (χ3v) is 10.3. The van der Waals surface area contributed by atoms with E-state index in [1.54, 1.807) is 6.08 Å². The molecule has 328 valence electrons. The Hall–Kier alpha value is -2.70. The van der Waals surface area contributed by atoms with Gasteiger partial charge in [-0.05, 0) is 57.4 Å². The average Bonchev–Trinajstić information content (AvgIpc) is 3.20. The lowest BCUT2D eigenvalue weighted by atomic mass is 10.0. The minimum absolute atomic E-state index is 0.0480. The maximum atomic E-state index is 13.1. The van der Waals surface area contributed by atoms with Crippen molar-refractivity contribution in [2.24, 2.45) is 0 Å². The van der Waals surface area contributed by atoms with E-state index >= 15 is 0 Å². The lowest BCUT2D eigenvalue weighted by molar-refractivity contribution is -0.148. The second kappa shape index (κ2) is 44.4. The zero-order chi connectivity index (χ0) is 41.7. The first-order chi connectivity index (χ1) is 28.0. The molecule has 6 nitrogen and oxygen atoms in total. The molecule has 0 aliphatic rings. The van der Waals surface area contributed by atoms with Crippen LogP contribution < -0.4 is 5.32 Å². The van der Waals surface area contributed by atoms with Gasteiger partial charge in [0.1, 0.15) is 6.10 Å². The number of ether oxygens (including phenoxy) is 1. The van der Waals surface area contributed by atoms with Gasteiger partial charge in [0.15, 0.2) is 0 Å². The summed E-state index contributed by atoms with van der Waals surface area (Å²) in [6, 6.07) is -0.741. The Kier molecular flexibility index (Phi) is 42.3. The molecule has 3 unspecified atom stereocenters. The molecular formula is C51H89NO5. The Morgan fingerprint density at radius 2 is 0.912 bits per heavy atom. The predicted molar refractivity (Wildman–Crippen MR) is 245 cm³/mol. The van der Waals surface area contributed by atoms with Crippen LogP contribution >= 0.6 is 0 Å². The fraction of sp³-hybridized carbons (Fsp3) is 0.725. The van der Waals surface area contributed by atoms with Gasteiger partial charge < -0.3 is 20.3 Å². The average molecular weight is 796 g/mol. The van der Waals surface area contributed by atoms with Gasteiger partial charge in [-0.3, -0.25) is 9.59 Å². The van der Waals surface area contributed by atoms with Crippen molar-refractivity contribution in [1.29, 1.82) is 0 Å². The lowest BCUT2D eigenvalue weighted by Gasteiger charge is -2.23. The van der Waals surface area contributed by atoms with Crippen molar-refractivity contribution in [1.82, 2.24) is 5.32 Å². The van der Waals surface area contributed by atoms with Crippen LogP contribution in [0.2, 0.25) is 0 Å². The lowest BCUT2D eigenvalue weighted by Crippen LogP contribution is -2.46. The Morgan fingerprint density at radius 1 is 0.526 bits per heavy atom. The van der Waals surface area contributed by atoms with Crippen molar-refractivity contribution >= 4 is 11.9 Å². The summed E-state index contributed by atoms with van der Waals surface area (Å²) in [7, 11) is 0. The van der Waals surface area contributed by atoms with Crippen molar-refractivity contribution in [3.63, 3.8) is 0 Å². The number of amides is 1. The zero-order valence-corrected chi connectivity index (χ0v) is 37.2. The van der Waals surface area contributed by atoms with Crippen LogP contribution in [0.3, 0.4) is 0 Å². The number of aliphatic hydroxyl groups is 2. The number of carbonyl (C=O) groups is 2. The maximum Gasteiger partial charge on any atom is 0.306 e. The van der Waals surface area contributed by atoms with Gasteiger partial charge in [0.25, 0.3) is 0 Å². The standard InChI is InChI=1S/C51H89NO5/c1-4-7-10-13-16-19-21-23-24-25-26-27-28-31-33-36-39-42-47(57-51(56)44-41-38-35-32-29-22-20-17-14-11-8-5-2)45-50(55)52-48(46-53)49(54)43-40-37-34-30-18-15-12-9-6-3/h7,10,16,19,23-24,26-27,31,33,39,42,47-49,53-54H,4-6,8-9,11-15,17-18,20-22,25,28-30,32,34-38,40-41,43-46H2,1-3H3,(H,52,55)/b10-7-,19-16-,24-23-,27-26-,33-31-,42-39-. The topological polar surface area (TPSA) is 95.9 Å². The molecule has 0 fully saturated rings. The van der Waals surface area contributed by atoms with E-state index in [1.165, 1.54) is 96.3 Å². The number of nitrogens with one attached hydrogen (secondary N) is 1. The van der Waals surface area contributed by atoms with E-state index in [0.717, 1.165) is 70.6 Å². The number of unbranched alkanes of at least 4 members (excludes halogenated alkanes) is 19. The van der Waals surface area contributed by atoms with Crippen molar-refractivity contribution in [2.75, 3.05) is 6.61 Å². The molecule has 0 saturated carbocycles. The summed E-state index contributed by atoms with van der Waals surface area (Å²) in [4.78, 5) is 25.9. The van der Waals surface area contributed by atoms with Crippen molar-refractivity contribution in [3.8, 4) is 0 Å². The summed E-state index contributed by atoms with van der Waals surface area (Å²) >= 11 is 0. The molecule has 6 heteroatoms. The van der Waals surface area contributed by atoms with Crippen LogP contribution in [-0.2, 0) is 14.3 Å². The highest BCUT2D eigenvalue weighted by Gasteiger charge is 2.23. The largest absolute Gasteiger partial charge is 0.458 e. The number of esters is 1. The maximum absolute atomic E-state index is 13.1. The molecule has 0 aromatic rings. The minimum Gasteiger partial charge on any atom is -0.458 e. The van der Waals surface area contributed by atoms with Crippen LogP contribution in [0.25, 0.3) is 0 Å².